The summed E-state index contributed by atoms with van der Waals surface area (Å²) >= 11 is 0. The van der Waals surface area contributed by atoms with E-state index in [1.54, 1.807) is 12.4 Å². The van der Waals surface area contributed by atoms with Crippen LogP contribution < -0.4 is 10.6 Å². The molecule has 0 aliphatic rings. The number of hydrogen-bond acceptors (Lipinski definition) is 3. The molecule has 2 N–H and O–H groups in total. The number of pyridine rings is 1. The molecule has 0 spiro atoms. The second kappa shape index (κ2) is 8.27. The van der Waals surface area contributed by atoms with Crippen molar-refractivity contribution in [2.24, 2.45) is 0 Å². The van der Waals surface area contributed by atoms with E-state index in [-0.39, 0.29) is 5.91 Å². The summed E-state index contributed by atoms with van der Waals surface area (Å²) in [6.07, 6.45) is 6.05. The summed E-state index contributed by atoms with van der Waals surface area (Å²) in [4.78, 5) is 25.3. The molecular formula is C12H17N3O2. The van der Waals surface area contributed by atoms with Gasteiger partial charge in [0.05, 0.1) is 0 Å². The minimum atomic E-state index is 0.0351. The quantitative estimate of drug-likeness (QED) is 0.502. The predicted molar refractivity (Wildman–Crippen MR) is 64.3 cm³/mol. The second-order valence-electron chi connectivity index (χ2n) is 3.63. The van der Waals surface area contributed by atoms with Gasteiger partial charge in [-0.3, -0.25) is 14.6 Å². The molecule has 5 nitrogen and oxygen atoms in total. The van der Waals surface area contributed by atoms with Gasteiger partial charge < -0.3 is 10.6 Å². The van der Waals surface area contributed by atoms with E-state index in [1.165, 1.54) is 0 Å². The topological polar surface area (TPSA) is 71.1 Å². The van der Waals surface area contributed by atoms with Gasteiger partial charge in [-0.25, -0.2) is 0 Å². The average molecular weight is 235 g/mol. The standard InChI is InChI=1S/C12H17N3O2/c16-10-14-6-1-7-15-12(17)3-2-11-4-8-13-9-5-11/h4-5,8-10H,1-3,6-7H2,(H,14,16)(H,15,17). The van der Waals surface area contributed by atoms with Gasteiger partial charge in [0, 0.05) is 31.9 Å². The van der Waals surface area contributed by atoms with Crippen molar-refractivity contribution in [2.75, 3.05) is 13.1 Å². The molecule has 0 radical (unpaired) electrons. The smallest absolute Gasteiger partial charge is 0.220 e. The van der Waals surface area contributed by atoms with E-state index in [4.69, 9.17) is 0 Å². The van der Waals surface area contributed by atoms with Crippen LogP contribution in [-0.2, 0) is 16.0 Å². The molecule has 2 amide bonds. The van der Waals surface area contributed by atoms with Gasteiger partial charge in [0.2, 0.25) is 12.3 Å². The molecule has 0 aromatic carbocycles. The van der Waals surface area contributed by atoms with Crippen LogP contribution in [0.3, 0.4) is 0 Å². The molecule has 0 fully saturated rings. The van der Waals surface area contributed by atoms with Crippen LogP contribution in [0.15, 0.2) is 24.5 Å². The first kappa shape index (κ1) is 13.2. The first-order chi connectivity index (χ1) is 8.33. The largest absolute Gasteiger partial charge is 0.359 e. The predicted octanol–water partition coefficient (Wildman–Crippen LogP) is 0.266. The maximum absolute atomic E-state index is 11.4. The van der Waals surface area contributed by atoms with E-state index in [0.717, 1.165) is 18.4 Å². The molecule has 0 saturated heterocycles. The lowest BCUT2D eigenvalue weighted by molar-refractivity contribution is -0.121. The number of aromatic nitrogens is 1. The van der Waals surface area contributed by atoms with Crippen LogP contribution in [0.1, 0.15) is 18.4 Å². The number of nitrogens with zero attached hydrogens (tertiary/aromatic N) is 1. The van der Waals surface area contributed by atoms with Crippen LogP contribution in [0.25, 0.3) is 0 Å². The van der Waals surface area contributed by atoms with Crippen LogP contribution in [0, 0.1) is 0 Å². The molecule has 1 rings (SSSR count). The molecule has 5 heteroatoms. The summed E-state index contributed by atoms with van der Waals surface area (Å²) in [7, 11) is 0. The van der Waals surface area contributed by atoms with Crippen molar-refractivity contribution in [3.8, 4) is 0 Å². The summed E-state index contributed by atoms with van der Waals surface area (Å²) in [6, 6.07) is 3.81. The Balaban J connectivity index is 2.07. The van der Waals surface area contributed by atoms with Gasteiger partial charge in [-0.2, -0.15) is 0 Å². The second-order valence-corrected chi connectivity index (χ2v) is 3.63. The third kappa shape index (κ3) is 6.29. The number of carbonyl (C=O) groups excluding carboxylic acids is 2. The summed E-state index contributed by atoms with van der Waals surface area (Å²) in [5, 5.41) is 5.34. The van der Waals surface area contributed by atoms with Crippen molar-refractivity contribution in [1.82, 2.24) is 15.6 Å². The monoisotopic (exact) mass is 235 g/mol. The molecule has 0 bridgehead atoms. The normalized spacial score (nSPS) is 9.65. The Morgan fingerprint density at radius 1 is 1.29 bits per heavy atom. The minimum absolute atomic E-state index is 0.0351. The highest BCUT2D eigenvalue weighted by Crippen LogP contribution is 2.00. The first-order valence-electron chi connectivity index (χ1n) is 5.65. The number of amides is 2. The molecule has 17 heavy (non-hydrogen) atoms. The molecule has 0 saturated carbocycles. The fraction of sp³-hybridized carbons (Fsp3) is 0.417. The zero-order valence-corrected chi connectivity index (χ0v) is 9.69. The number of rotatable bonds is 8. The molecule has 0 atom stereocenters. The Hall–Kier alpha value is -1.91. The van der Waals surface area contributed by atoms with Crippen molar-refractivity contribution in [1.29, 1.82) is 0 Å². The summed E-state index contributed by atoms with van der Waals surface area (Å²) in [6.45, 7) is 1.18. The maximum atomic E-state index is 11.4. The Bertz CT molecular complexity index is 341. The van der Waals surface area contributed by atoms with Crippen LogP contribution in [0.2, 0.25) is 0 Å². The number of hydrogen-bond donors (Lipinski definition) is 2. The summed E-state index contributed by atoms with van der Waals surface area (Å²) in [5.74, 6) is 0.0351. The van der Waals surface area contributed by atoms with Gasteiger partial charge in [0.25, 0.3) is 0 Å². The Morgan fingerprint density at radius 2 is 2.06 bits per heavy atom. The van der Waals surface area contributed by atoms with Gasteiger partial charge in [-0.1, -0.05) is 0 Å². The molecule has 0 aliphatic carbocycles. The van der Waals surface area contributed by atoms with E-state index in [1.807, 2.05) is 12.1 Å². The summed E-state index contributed by atoms with van der Waals surface area (Å²) in [5.41, 5.74) is 1.11. The van der Waals surface area contributed by atoms with Crippen molar-refractivity contribution < 1.29 is 9.59 Å². The molecule has 0 aliphatic heterocycles. The van der Waals surface area contributed by atoms with Gasteiger partial charge in [-0.05, 0) is 30.5 Å². The number of nitrogens with one attached hydrogen (secondary N) is 2. The van der Waals surface area contributed by atoms with Gasteiger partial charge in [-0.15, -0.1) is 0 Å². The molecule has 1 heterocycles. The highest BCUT2D eigenvalue weighted by Gasteiger charge is 2.01. The third-order valence-electron chi connectivity index (χ3n) is 2.29. The SMILES string of the molecule is O=CNCCCNC(=O)CCc1ccncc1. The minimum Gasteiger partial charge on any atom is -0.359 e. The van der Waals surface area contributed by atoms with Crippen molar-refractivity contribution in [3.05, 3.63) is 30.1 Å². The van der Waals surface area contributed by atoms with Crippen LogP contribution >= 0.6 is 0 Å². The molecule has 92 valence electrons. The average Bonchev–Trinajstić information content (AvgIpc) is 2.37. The Labute approximate surface area is 101 Å². The molecular weight excluding hydrogens is 218 g/mol. The lowest BCUT2D eigenvalue weighted by Gasteiger charge is -2.04. The van der Waals surface area contributed by atoms with Crippen molar-refractivity contribution >= 4 is 12.3 Å². The van der Waals surface area contributed by atoms with Crippen LogP contribution in [0.4, 0.5) is 0 Å². The maximum Gasteiger partial charge on any atom is 0.220 e. The third-order valence-corrected chi connectivity index (χ3v) is 2.29. The fourth-order valence-electron chi connectivity index (χ4n) is 1.37. The van der Waals surface area contributed by atoms with Crippen LogP contribution in [0.5, 0.6) is 0 Å². The lowest BCUT2D eigenvalue weighted by Crippen LogP contribution is -2.27. The van der Waals surface area contributed by atoms with E-state index in [9.17, 15) is 9.59 Å². The van der Waals surface area contributed by atoms with E-state index in [2.05, 4.69) is 15.6 Å². The van der Waals surface area contributed by atoms with E-state index < -0.39 is 0 Å². The van der Waals surface area contributed by atoms with Gasteiger partial charge in [0.1, 0.15) is 0 Å². The van der Waals surface area contributed by atoms with Crippen molar-refractivity contribution in [3.63, 3.8) is 0 Å². The lowest BCUT2D eigenvalue weighted by atomic mass is 10.1. The molecule has 1 aromatic rings. The summed E-state index contributed by atoms with van der Waals surface area (Å²) < 4.78 is 0. The van der Waals surface area contributed by atoms with Gasteiger partial charge in [0.15, 0.2) is 0 Å². The first-order valence-corrected chi connectivity index (χ1v) is 5.65. The molecule has 1 aromatic heterocycles. The highest BCUT2D eigenvalue weighted by molar-refractivity contribution is 5.76. The number of carbonyl (C=O) groups is 2. The van der Waals surface area contributed by atoms with Crippen LogP contribution in [-0.4, -0.2) is 30.4 Å². The fourth-order valence-corrected chi connectivity index (χ4v) is 1.37. The van der Waals surface area contributed by atoms with E-state index >= 15 is 0 Å². The highest BCUT2D eigenvalue weighted by atomic mass is 16.1. The Morgan fingerprint density at radius 3 is 2.76 bits per heavy atom. The zero-order chi connectivity index (χ0) is 12.3. The Kier molecular flexibility index (Phi) is 6.40. The van der Waals surface area contributed by atoms with Gasteiger partial charge >= 0.3 is 0 Å². The van der Waals surface area contributed by atoms with Crippen molar-refractivity contribution in [2.45, 2.75) is 19.3 Å². The molecule has 0 unspecified atom stereocenters. The zero-order valence-electron chi connectivity index (χ0n) is 9.69. The number of aryl methyl sites for hydroxylation is 1. The van der Waals surface area contributed by atoms with E-state index in [0.29, 0.717) is 25.9 Å².